The van der Waals surface area contributed by atoms with E-state index in [2.05, 4.69) is 47.0 Å². The number of rotatable bonds is 1. The maximum atomic E-state index is 11.3. The minimum Gasteiger partial charge on any atom is -0.316 e. The number of nitrogens with zero attached hydrogens (tertiary/aromatic N) is 2. The van der Waals surface area contributed by atoms with Gasteiger partial charge in [-0.05, 0) is 66.6 Å². The molecule has 2 heterocycles. The normalized spacial score (nSPS) is 16.2. The van der Waals surface area contributed by atoms with Gasteiger partial charge >= 0.3 is 0 Å². The molecule has 0 bridgehead atoms. The van der Waals surface area contributed by atoms with Crippen molar-refractivity contribution in [2.24, 2.45) is 0 Å². The number of aryl methyl sites for hydroxylation is 2. The summed E-state index contributed by atoms with van der Waals surface area (Å²) in [6.07, 6.45) is 5.03. The van der Waals surface area contributed by atoms with Gasteiger partial charge in [-0.2, -0.15) is 0 Å². The minimum absolute atomic E-state index is 0.197. The molecule has 0 fully saturated rings. The number of nitro benzene ring substituents is 1. The summed E-state index contributed by atoms with van der Waals surface area (Å²) < 4.78 is 2.24. The van der Waals surface area contributed by atoms with Crippen molar-refractivity contribution in [1.82, 2.24) is 4.40 Å². The van der Waals surface area contributed by atoms with Crippen LogP contribution in [0.25, 0.3) is 22.0 Å². The maximum Gasteiger partial charge on any atom is 0.270 e. The van der Waals surface area contributed by atoms with Gasteiger partial charge in [-0.1, -0.05) is 18.2 Å². The summed E-state index contributed by atoms with van der Waals surface area (Å²) in [5, 5.41) is 13.8. The van der Waals surface area contributed by atoms with Crippen LogP contribution in [0, 0.1) is 17.0 Å². The van der Waals surface area contributed by atoms with E-state index in [1.807, 2.05) is 6.92 Å². The molecular weight excluding hydrogens is 324 g/mol. The SMILES string of the molecule is Cc1cc([N+](=O)[O-])cc2c1/C(=c1/c3ccccc3n3cccc13)CCC2. The van der Waals surface area contributed by atoms with Crippen molar-refractivity contribution in [2.75, 3.05) is 0 Å². The summed E-state index contributed by atoms with van der Waals surface area (Å²) in [4.78, 5) is 11.0. The lowest BCUT2D eigenvalue weighted by molar-refractivity contribution is -0.385. The second-order valence-corrected chi connectivity index (χ2v) is 7.04. The molecule has 0 saturated carbocycles. The largest absolute Gasteiger partial charge is 0.316 e. The van der Waals surface area contributed by atoms with Gasteiger partial charge < -0.3 is 4.40 Å². The number of para-hydroxylation sites is 1. The summed E-state index contributed by atoms with van der Waals surface area (Å²) in [5.41, 5.74) is 7.26. The molecule has 0 saturated heterocycles. The number of aromatic nitrogens is 1. The van der Waals surface area contributed by atoms with Crippen molar-refractivity contribution in [3.05, 3.63) is 86.8 Å². The van der Waals surface area contributed by atoms with Gasteiger partial charge in [0.1, 0.15) is 0 Å². The summed E-state index contributed by atoms with van der Waals surface area (Å²) in [6, 6.07) is 16.2. The fraction of sp³-hybridized carbons (Fsp3) is 0.182. The van der Waals surface area contributed by atoms with E-state index in [-0.39, 0.29) is 10.6 Å². The third kappa shape index (κ3) is 2.02. The van der Waals surface area contributed by atoms with Gasteiger partial charge in [-0.3, -0.25) is 10.1 Å². The first-order chi connectivity index (χ1) is 12.6. The van der Waals surface area contributed by atoms with E-state index in [0.29, 0.717) is 0 Å². The fourth-order valence-electron chi connectivity index (χ4n) is 4.55. The molecule has 5 rings (SSSR count). The van der Waals surface area contributed by atoms with Crippen molar-refractivity contribution < 1.29 is 4.92 Å². The Morgan fingerprint density at radius 3 is 2.69 bits per heavy atom. The van der Waals surface area contributed by atoms with Gasteiger partial charge in [-0.15, -0.1) is 0 Å². The number of non-ortho nitro benzene ring substituents is 1. The van der Waals surface area contributed by atoms with Gasteiger partial charge in [0.15, 0.2) is 0 Å². The van der Waals surface area contributed by atoms with Crippen molar-refractivity contribution in [2.45, 2.75) is 26.2 Å². The van der Waals surface area contributed by atoms with Gasteiger partial charge in [0.25, 0.3) is 5.69 Å². The molecule has 2 aromatic carbocycles. The van der Waals surface area contributed by atoms with E-state index in [0.717, 1.165) is 30.4 Å². The molecule has 0 atom stereocenters. The zero-order chi connectivity index (χ0) is 17.8. The Hall–Kier alpha value is -3.14. The smallest absolute Gasteiger partial charge is 0.270 e. The van der Waals surface area contributed by atoms with Crippen LogP contribution in [0.1, 0.15) is 29.5 Å². The lowest BCUT2D eigenvalue weighted by Crippen LogP contribution is -2.14. The molecule has 4 nitrogen and oxygen atoms in total. The Labute approximate surface area is 150 Å². The van der Waals surface area contributed by atoms with Crippen LogP contribution in [0.5, 0.6) is 0 Å². The third-order valence-electron chi connectivity index (χ3n) is 5.53. The fourth-order valence-corrected chi connectivity index (χ4v) is 4.55. The highest BCUT2D eigenvalue weighted by Crippen LogP contribution is 2.35. The molecule has 128 valence electrons. The van der Waals surface area contributed by atoms with Crippen LogP contribution in [0.15, 0.2) is 54.7 Å². The minimum atomic E-state index is -0.287. The van der Waals surface area contributed by atoms with E-state index in [1.54, 1.807) is 12.1 Å². The number of fused-ring (bicyclic) bond motifs is 4. The molecule has 2 aromatic heterocycles. The second kappa shape index (κ2) is 5.43. The topological polar surface area (TPSA) is 47.5 Å². The molecule has 1 aliphatic carbocycles. The molecule has 4 aromatic rings. The summed E-state index contributed by atoms with van der Waals surface area (Å²) in [6.45, 7) is 2.00. The van der Waals surface area contributed by atoms with Gasteiger partial charge in [0, 0.05) is 28.9 Å². The summed E-state index contributed by atoms with van der Waals surface area (Å²) in [7, 11) is 0. The van der Waals surface area contributed by atoms with Crippen LogP contribution in [-0.2, 0) is 6.42 Å². The van der Waals surface area contributed by atoms with Crippen LogP contribution in [-0.4, -0.2) is 9.32 Å². The summed E-state index contributed by atoms with van der Waals surface area (Å²) in [5.74, 6) is 0. The van der Waals surface area contributed by atoms with E-state index in [1.165, 1.54) is 32.8 Å². The first kappa shape index (κ1) is 15.1. The van der Waals surface area contributed by atoms with E-state index < -0.39 is 0 Å². The molecule has 0 unspecified atom stereocenters. The summed E-state index contributed by atoms with van der Waals surface area (Å²) >= 11 is 0. The first-order valence-electron chi connectivity index (χ1n) is 8.94. The van der Waals surface area contributed by atoms with E-state index in [4.69, 9.17) is 0 Å². The maximum absolute atomic E-state index is 11.3. The lowest BCUT2D eigenvalue weighted by atomic mass is 9.83. The standard InChI is InChI=1S/C22H18N2O2/c1-14-12-16(24(25)26)13-15-6-4-8-18(21(14)15)22-17-7-2-3-9-19(17)23-11-5-10-20(22)23/h2-3,5,7,9-13H,4,6,8H2,1H3/b22-18-. The van der Waals surface area contributed by atoms with Crippen molar-refractivity contribution in [3.8, 4) is 0 Å². The quantitative estimate of drug-likeness (QED) is 0.376. The van der Waals surface area contributed by atoms with Crippen LogP contribution < -0.4 is 5.22 Å². The molecule has 26 heavy (non-hydrogen) atoms. The average molecular weight is 342 g/mol. The molecule has 1 aliphatic rings. The average Bonchev–Trinajstić information content (AvgIpc) is 3.21. The van der Waals surface area contributed by atoms with Gasteiger partial charge in [-0.25, -0.2) is 0 Å². The van der Waals surface area contributed by atoms with E-state index in [9.17, 15) is 10.1 Å². The third-order valence-corrected chi connectivity index (χ3v) is 5.53. The van der Waals surface area contributed by atoms with Crippen molar-refractivity contribution in [3.63, 3.8) is 0 Å². The van der Waals surface area contributed by atoms with Crippen molar-refractivity contribution >= 4 is 27.7 Å². The number of hydrogen-bond donors (Lipinski definition) is 0. The number of benzene rings is 2. The highest BCUT2D eigenvalue weighted by atomic mass is 16.6. The molecular formula is C22H18N2O2. The molecule has 0 aliphatic heterocycles. The van der Waals surface area contributed by atoms with Crippen molar-refractivity contribution in [1.29, 1.82) is 0 Å². The van der Waals surface area contributed by atoms with Crippen LogP contribution >= 0.6 is 0 Å². The Kier molecular flexibility index (Phi) is 3.16. The first-order valence-corrected chi connectivity index (χ1v) is 8.94. The Morgan fingerprint density at radius 1 is 1.04 bits per heavy atom. The molecule has 0 amide bonds. The Balaban J connectivity index is 1.96. The predicted octanol–water partition coefficient (Wildman–Crippen LogP) is 4.56. The van der Waals surface area contributed by atoms with Crippen LogP contribution in [0.3, 0.4) is 0 Å². The highest BCUT2D eigenvalue weighted by Gasteiger charge is 2.22. The molecule has 0 spiro atoms. The zero-order valence-electron chi connectivity index (χ0n) is 14.5. The number of hydrogen-bond acceptors (Lipinski definition) is 2. The van der Waals surface area contributed by atoms with E-state index >= 15 is 0 Å². The molecule has 4 heteroatoms. The predicted molar refractivity (Wildman–Crippen MR) is 103 cm³/mol. The monoisotopic (exact) mass is 342 g/mol. The second-order valence-electron chi connectivity index (χ2n) is 7.04. The van der Waals surface area contributed by atoms with Crippen LogP contribution in [0.4, 0.5) is 5.69 Å². The number of nitro groups is 1. The van der Waals surface area contributed by atoms with Gasteiger partial charge in [0.2, 0.25) is 0 Å². The Bertz CT molecular complexity index is 1250. The zero-order valence-corrected chi connectivity index (χ0v) is 14.5. The lowest BCUT2D eigenvalue weighted by Gasteiger charge is -2.21. The highest BCUT2D eigenvalue weighted by molar-refractivity contribution is 5.93. The van der Waals surface area contributed by atoms with Crippen LogP contribution in [0.2, 0.25) is 0 Å². The Morgan fingerprint density at radius 2 is 1.85 bits per heavy atom. The molecule has 0 N–H and O–H groups in total. The molecule has 0 radical (unpaired) electrons. The van der Waals surface area contributed by atoms with Gasteiger partial charge in [0.05, 0.1) is 16.0 Å².